The molecule has 0 unspecified atom stereocenters. The lowest BCUT2D eigenvalue weighted by atomic mass is 9.90. The second-order valence-corrected chi connectivity index (χ2v) is 7.96. The average molecular weight is 385 g/mol. The Kier molecular flexibility index (Phi) is 5.65. The van der Waals surface area contributed by atoms with Gasteiger partial charge in [-0.3, -0.25) is 9.80 Å². The van der Waals surface area contributed by atoms with Gasteiger partial charge in [-0.2, -0.15) is 0 Å². The molecule has 2 aromatic carbocycles. The fourth-order valence-electron chi connectivity index (χ4n) is 4.06. The van der Waals surface area contributed by atoms with E-state index in [4.69, 9.17) is 16.3 Å². The standard InChI is InChI=1S/C22H25ClN2O2/c23-19-6-8-20(9-7-19)25-16-21(27-22(25)26)15-24-12-10-18(11-13-24)14-17-4-2-1-3-5-17/h1-9,18,21H,10-16H2/t21-/m0/s1. The molecule has 5 heteroatoms. The molecular weight excluding hydrogens is 360 g/mol. The van der Waals surface area contributed by atoms with E-state index in [-0.39, 0.29) is 12.2 Å². The van der Waals surface area contributed by atoms with Crippen molar-refractivity contribution >= 4 is 23.4 Å². The third-order valence-electron chi connectivity index (χ3n) is 5.55. The van der Waals surface area contributed by atoms with E-state index in [2.05, 4.69) is 35.2 Å². The first kappa shape index (κ1) is 18.3. The van der Waals surface area contributed by atoms with Crippen molar-refractivity contribution in [3.05, 3.63) is 65.2 Å². The molecule has 1 atom stereocenters. The van der Waals surface area contributed by atoms with Gasteiger partial charge in [0.1, 0.15) is 6.10 Å². The number of benzene rings is 2. The molecule has 2 aromatic rings. The summed E-state index contributed by atoms with van der Waals surface area (Å²) in [6.07, 6.45) is 3.24. The predicted molar refractivity (Wildman–Crippen MR) is 108 cm³/mol. The number of nitrogens with zero attached hydrogens (tertiary/aromatic N) is 2. The molecule has 27 heavy (non-hydrogen) atoms. The van der Waals surface area contributed by atoms with Crippen molar-refractivity contribution in [3.63, 3.8) is 0 Å². The summed E-state index contributed by atoms with van der Waals surface area (Å²) in [6.45, 7) is 3.57. The molecule has 2 aliphatic heterocycles. The molecule has 2 saturated heterocycles. The van der Waals surface area contributed by atoms with Gasteiger partial charge in [-0.25, -0.2) is 4.79 Å². The number of halogens is 1. The number of piperidine rings is 1. The average Bonchev–Trinajstić information content (AvgIpc) is 3.05. The molecule has 2 heterocycles. The van der Waals surface area contributed by atoms with Gasteiger partial charge in [0.15, 0.2) is 0 Å². The first-order chi connectivity index (χ1) is 13.2. The molecule has 0 N–H and O–H groups in total. The van der Waals surface area contributed by atoms with Crippen LogP contribution in [0.5, 0.6) is 0 Å². The second-order valence-electron chi connectivity index (χ2n) is 7.53. The topological polar surface area (TPSA) is 32.8 Å². The number of carbonyl (C=O) groups excluding carboxylic acids is 1. The van der Waals surface area contributed by atoms with E-state index >= 15 is 0 Å². The first-order valence-electron chi connectivity index (χ1n) is 9.67. The highest BCUT2D eigenvalue weighted by molar-refractivity contribution is 6.30. The van der Waals surface area contributed by atoms with Crippen LogP contribution < -0.4 is 4.90 Å². The van der Waals surface area contributed by atoms with Crippen molar-refractivity contribution < 1.29 is 9.53 Å². The van der Waals surface area contributed by atoms with Crippen molar-refractivity contribution in [1.29, 1.82) is 0 Å². The molecule has 1 amide bonds. The molecule has 4 nitrogen and oxygen atoms in total. The molecule has 0 aliphatic carbocycles. The summed E-state index contributed by atoms with van der Waals surface area (Å²) in [6, 6.07) is 18.1. The van der Waals surface area contributed by atoms with Crippen LogP contribution in [0.15, 0.2) is 54.6 Å². The minimum atomic E-state index is -0.263. The molecule has 0 spiro atoms. The van der Waals surface area contributed by atoms with Gasteiger partial charge < -0.3 is 4.74 Å². The Morgan fingerprint density at radius 3 is 2.41 bits per heavy atom. The van der Waals surface area contributed by atoms with Crippen molar-refractivity contribution in [1.82, 2.24) is 4.90 Å². The number of rotatable bonds is 5. The molecule has 2 aliphatic rings. The smallest absolute Gasteiger partial charge is 0.414 e. The minimum absolute atomic E-state index is 0.0705. The molecule has 4 rings (SSSR count). The van der Waals surface area contributed by atoms with Crippen LogP contribution in [0.2, 0.25) is 5.02 Å². The molecule has 0 saturated carbocycles. The summed E-state index contributed by atoms with van der Waals surface area (Å²) in [5, 5.41) is 0.668. The molecule has 0 bridgehead atoms. The quantitative estimate of drug-likeness (QED) is 0.754. The minimum Gasteiger partial charge on any atom is -0.443 e. The van der Waals surface area contributed by atoms with Gasteiger partial charge in [0.25, 0.3) is 0 Å². The SMILES string of the molecule is O=C1O[C@@H](CN2CCC(Cc3ccccc3)CC2)CN1c1ccc(Cl)cc1. The zero-order valence-corrected chi connectivity index (χ0v) is 16.1. The van der Waals surface area contributed by atoms with E-state index in [0.717, 1.165) is 37.7 Å². The molecule has 0 radical (unpaired) electrons. The van der Waals surface area contributed by atoms with Crippen molar-refractivity contribution in [2.45, 2.75) is 25.4 Å². The second kappa shape index (κ2) is 8.32. The Morgan fingerprint density at radius 1 is 1.00 bits per heavy atom. The number of anilines is 1. The first-order valence-corrected chi connectivity index (χ1v) is 10.0. The monoisotopic (exact) mass is 384 g/mol. The zero-order chi connectivity index (χ0) is 18.6. The fraction of sp³-hybridized carbons (Fsp3) is 0.409. The van der Waals surface area contributed by atoms with Gasteiger partial charge in [-0.15, -0.1) is 0 Å². The number of amides is 1. The third kappa shape index (κ3) is 4.63. The highest BCUT2D eigenvalue weighted by Gasteiger charge is 2.34. The highest BCUT2D eigenvalue weighted by atomic mass is 35.5. The lowest BCUT2D eigenvalue weighted by molar-refractivity contribution is 0.0914. The Morgan fingerprint density at radius 2 is 1.70 bits per heavy atom. The number of carbonyl (C=O) groups is 1. The van der Waals surface area contributed by atoms with Gasteiger partial charge in [0, 0.05) is 17.3 Å². The molecule has 142 valence electrons. The Bertz CT molecular complexity index is 758. The van der Waals surface area contributed by atoms with Crippen molar-refractivity contribution in [3.8, 4) is 0 Å². The van der Waals surface area contributed by atoms with Gasteiger partial charge in [0.05, 0.1) is 6.54 Å². The Balaban J connectivity index is 1.26. The van der Waals surface area contributed by atoms with Crippen molar-refractivity contribution in [2.24, 2.45) is 5.92 Å². The molecule has 0 aromatic heterocycles. The van der Waals surface area contributed by atoms with E-state index in [1.54, 1.807) is 17.0 Å². The van der Waals surface area contributed by atoms with E-state index in [0.29, 0.717) is 11.6 Å². The highest BCUT2D eigenvalue weighted by Crippen LogP contribution is 2.26. The lowest BCUT2D eigenvalue weighted by Gasteiger charge is -2.33. The summed E-state index contributed by atoms with van der Waals surface area (Å²) in [4.78, 5) is 16.4. The van der Waals surface area contributed by atoms with Crippen LogP contribution in [0.1, 0.15) is 18.4 Å². The van der Waals surface area contributed by atoms with Crippen LogP contribution in [-0.2, 0) is 11.2 Å². The molecular formula is C22H25ClN2O2. The maximum absolute atomic E-state index is 12.2. The van der Waals surface area contributed by atoms with Crippen LogP contribution in [0.3, 0.4) is 0 Å². The fourth-order valence-corrected chi connectivity index (χ4v) is 4.18. The maximum Gasteiger partial charge on any atom is 0.414 e. The van der Waals surface area contributed by atoms with Crippen molar-refractivity contribution in [2.75, 3.05) is 31.1 Å². The van der Waals surface area contributed by atoms with Crippen LogP contribution in [0.4, 0.5) is 10.5 Å². The predicted octanol–water partition coefficient (Wildman–Crippen LogP) is 4.62. The number of hydrogen-bond donors (Lipinski definition) is 0. The van der Waals surface area contributed by atoms with Gasteiger partial charge in [0.2, 0.25) is 0 Å². The molecule has 2 fully saturated rings. The summed E-state index contributed by atoms with van der Waals surface area (Å²) < 4.78 is 5.60. The Hall–Kier alpha value is -2.04. The number of hydrogen-bond acceptors (Lipinski definition) is 3. The summed E-state index contributed by atoms with van der Waals surface area (Å²) >= 11 is 5.93. The number of cyclic esters (lactones) is 1. The van der Waals surface area contributed by atoms with E-state index in [1.807, 2.05) is 12.1 Å². The lowest BCUT2D eigenvalue weighted by Crippen LogP contribution is -2.40. The van der Waals surface area contributed by atoms with Crippen LogP contribution in [0.25, 0.3) is 0 Å². The maximum atomic E-state index is 12.2. The van der Waals surface area contributed by atoms with Crippen LogP contribution in [-0.4, -0.2) is 43.3 Å². The van der Waals surface area contributed by atoms with E-state index in [1.165, 1.54) is 18.4 Å². The summed E-state index contributed by atoms with van der Waals surface area (Å²) in [5.74, 6) is 0.750. The zero-order valence-electron chi connectivity index (χ0n) is 15.4. The normalized spacial score (nSPS) is 21.4. The number of ether oxygens (including phenoxy) is 1. The summed E-state index contributed by atoms with van der Waals surface area (Å²) in [5.41, 5.74) is 2.27. The van der Waals surface area contributed by atoms with Gasteiger partial charge >= 0.3 is 6.09 Å². The van der Waals surface area contributed by atoms with Crippen LogP contribution >= 0.6 is 11.6 Å². The van der Waals surface area contributed by atoms with Gasteiger partial charge in [-0.05, 0) is 68.1 Å². The van der Waals surface area contributed by atoms with E-state index in [9.17, 15) is 4.79 Å². The van der Waals surface area contributed by atoms with Crippen LogP contribution in [0, 0.1) is 5.92 Å². The largest absolute Gasteiger partial charge is 0.443 e. The van der Waals surface area contributed by atoms with E-state index < -0.39 is 0 Å². The Labute approximate surface area is 165 Å². The third-order valence-corrected chi connectivity index (χ3v) is 5.80. The number of likely N-dealkylation sites (tertiary alicyclic amines) is 1. The van der Waals surface area contributed by atoms with Gasteiger partial charge in [-0.1, -0.05) is 41.9 Å². The summed E-state index contributed by atoms with van der Waals surface area (Å²) in [7, 11) is 0.